The summed E-state index contributed by atoms with van der Waals surface area (Å²) in [5, 5.41) is 19.2. The van der Waals surface area contributed by atoms with Crippen LogP contribution in [-0.2, 0) is 6.61 Å². The lowest BCUT2D eigenvalue weighted by molar-refractivity contribution is 0.0658. The molecule has 1 N–H and O–H groups in total. The van der Waals surface area contributed by atoms with Crippen LogP contribution in [0.3, 0.4) is 0 Å². The molecule has 3 aromatic heterocycles. The molecule has 0 aliphatic heterocycles. The summed E-state index contributed by atoms with van der Waals surface area (Å²) in [4.78, 5) is 15.9. The van der Waals surface area contributed by atoms with Crippen LogP contribution in [0.15, 0.2) is 62.8 Å². The SMILES string of the molecule is C/C(Cl)=C\C=C(/S)c1cc(-c2ccoc2)c(C#N)c(OCc2ccc(C(=O)O)o2)n1. The number of nitrogens with zero attached hydrogens (tertiary/aromatic N) is 2. The molecule has 30 heavy (non-hydrogen) atoms. The van der Waals surface area contributed by atoms with Gasteiger partial charge < -0.3 is 18.7 Å². The van der Waals surface area contributed by atoms with Crippen LogP contribution in [0.1, 0.15) is 34.5 Å². The van der Waals surface area contributed by atoms with Gasteiger partial charge in [-0.1, -0.05) is 11.6 Å². The third-order valence-electron chi connectivity index (χ3n) is 3.89. The van der Waals surface area contributed by atoms with E-state index >= 15 is 0 Å². The number of carboxylic acid groups (broad SMARTS) is 1. The van der Waals surface area contributed by atoms with Crippen LogP contribution >= 0.6 is 24.2 Å². The molecule has 3 heterocycles. The Labute approximate surface area is 182 Å². The van der Waals surface area contributed by atoms with Crippen molar-refractivity contribution < 1.29 is 23.5 Å². The number of hydrogen-bond acceptors (Lipinski definition) is 7. The average molecular weight is 443 g/mol. The van der Waals surface area contributed by atoms with Gasteiger partial charge in [-0.2, -0.15) is 5.26 Å². The predicted octanol–water partition coefficient (Wildman–Crippen LogP) is 5.50. The molecular weight excluding hydrogens is 428 g/mol. The number of nitriles is 1. The van der Waals surface area contributed by atoms with Gasteiger partial charge in [0.05, 0.1) is 18.2 Å². The second-order valence-corrected chi connectivity index (χ2v) is 7.10. The molecular formula is C21H15ClN2O5S. The van der Waals surface area contributed by atoms with Gasteiger partial charge in [-0.15, -0.1) is 12.6 Å². The Bertz CT molecular complexity index is 1170. The van der Waals surface area contributed by atoms with Gasteiger partial charge in [0.1, 0.15) is 24.0 Å². The Morgan fingerprint density at radius 3 is 2.80 bits per heavy atom. The van der Waals surface area contributed by atoms with Crippen LogP contribution in [0.2, 0.25) is 0 Å². The minimum Gasteiger partial charge on any atom is -0.475 e. The van der Waals surface area contributed by atoms with Crippen LogP contribution in [0.4, 0.5) is 0 Å². The number of aromatic nitrogens is 1. The van der Waals surface area contributed by atoms with Gasteiger partial charge in [-0.3, -0.25) is 0 Å². The van der Waals surface area contributed by atoms with Crippen molar-refractivity contribution in [1.82, 2.24) is 4.98 Å². The summed E-state index contributed by atoms with van der Waals surface area (Å²) in [6.45, 7) is 1.61. The number of halogens is 1. The number of carbonyl (C=O) groups is 1. The van der Waals surface area contributed by atoms with E-state index in [9.17, 15) is 10.1 Å². The Balaban J connectivity index is 2.03. The fraction of sp³-hybridized carbons (Fsp3) is 0.0952. The first kappa shape index (κ1) is 21.3. The van der Waals surface area contributed by atoms with Crippen molar-refractivity contribution >= 4 is 35.1 Å². The number of pyridine rings is 1. The van der Waals surface area contributed by atoms with Crippen LogP contribution < -0.4 is 4.74 Å². The van der Waals surface area contributed by atoms with E-state index in [0.717, 1.165) is 0 Å². The summed E-state index contributed by atoms with van der Waals surface area (Å²) >= 11 is 10.3. The molecule has 0 aliphatic carbocycles. The Morgan fingerprint density at radius 2 is 2.20 bits per heavy atom. The molecule has 0 amide bonds. The number of thiol groups is 1. The van der Waals surface area contributed by atoms with Gasteiger partial charge in [-0.25, -0.2) is 9.78 Å². The Morgan fingerprint density at radius 1 is 1.40 bits per heavy atom. The molecule has 0 aliphatic rings. The van der Waals surface area contributed by atoms with Crippen molar-refractivity contribution in [3.63, 3.8) is 0 Å². The molecule has 0 aromatic carbocycles. The molecule has 0 bridgehead atoms. The highest BCUT2D eigenvalue weighted by atomic mass is 35.5. The van der Waals surface area contributed by atoms with Crippen LogP contribution in [0.5, 0.6) is 5.88 Å². The monoisotopic (exact) mass is 442 g/mol. The summed E-state index contributed by atoms with van der Waals surface area (Å²) in [6, 6.07) is 8.30. The summed E-state index contributed by atoms with van der Waals surface area (Å²) in [5.74, 6) is -1.07. The largest absolute Gasteiger partial charge is 0.475 e. The van der Waals surface area contributed by atoms with Gasteiger partial charge in [0.15, 0.2) is 0 Å². The predicted molar refractivity (Wildman–Crippen MR) is 113 cm³/mol. The van der Waals surface area contributed by atoms with Gasteiger partial charge in [0.2, 0.25) is 11.6 Å². The highest BCUT2D eigenvalue weighted by Gasteiger charge is 2.18. The average Bonchev–Trinajstić information content (AvgIpc) is 3.41. The number of ether oxygens (including phenoxy) is 1. The molecule has 0 saturated heterocycles. The maximum atomic E-state index is 11.0. The highest BCUT2D eigenvalue weighted by molar-refractivity contribution is 7.90. The molecule has 9 heteroatoms. The number of furan rings is 2. The van der Waals surface area contributed by atoms with Gasteiger partial charge >= 0.3 is 5.97 Å². The third-order valence-corrected chi connectivity index (χ3v) is 4.39. The molecule has 3 rings (SSSR count). The Hall–Kier alpha value is -3.41. The van der Waals surface area contributed by atoms with E-state index in [1.165, 1.54) is 24.7 Å². The second kappa shape index (κ2) is 9.39. The summed E-state index contributed by atoms with van der Waals surface area (Å²) < 4.78 is 16.0. The number of allylic oxidation sites excluding steroid dienone is 3. The lowest BCUT2D eigenvalue weighted by Gasteiger charge is -2.12. The van der Waals surface area contributed by atoms with E-state index < -0.39 is 5.97 Å². The van der Waals surface area contributed by atoms with Crippen molar-refractivity contribution in [2.24, 2.45) is 0 Å². The number of aromatic carboxylic acids is 1. The number of carboxylic acids is 1. The molecule has 3 aromatic rings. The van der Waals surface area contributed by atoms with E-state index in [2.05, 4.69) is 23.7 Å². The summed E-state index contributed by atoms with van der Waals surface area (Å²) in [7, 11) is 0. The standard InChI is InChI=1S/C21H15ClN2O5S/c1-12(22)2-5-19(30)17-8-15(13-6-7-27-10-13)16(9-23)20(24-17)28-11-14-3-4-18(29-14)21(25)26/h2-8,10,30H,11H2,1H3,(H,25,26)/b12-2+,19-5-. The third kappa shape index (κ3) is 4.95. The fourth-order valence-corrected chi connectivity index (χ4v) is 2.75. The van der Waals surface area contributed by atoms with Crippen molar-refractivity contribution in [2.75, 3.05) is 0 Å². The van der Waals surface area contributed by atoms with E-state index in [1.54, 1.807) is 31.2 Å². The molecule has 0 spiro atoms. The quantitative estimate of drug-likeness (QED) is 0.367. The number of rotatable bonds is 7. The van der Waals surface area contributed by atoms with Crippen molar-refractivity contribution in [3.8, 4) is 23.1 Å². The minimum atomic E-state index is -1.19. The lowest BCUT2D eigenvalue weighted by Crippen LogP contribution is -2.02. The van der Waals surface area contributed by atoms with E-state index in [0.29, 0.717) is 26.8 Å². The van der Waals surface area contributed by atoms with Crippen molar-refractivity contribution in [1.29, 1.82) is 5.26 Å². The minimum absolute atomic E-state index is 0.0472. The van der Waals surface area contributed by atoms with Crippen molar-refractivity contribution in [3.05, 3.63) is 76.8 Å². The first-order valence-electron chi connectivity index (χ1n) is 8.55. The summed E-state index contributed by atoms with van der Waals surface area (Å²) in [6.07, 6.45) is 6.33. The maximum absolute atomic E-state index is 11.0. The molecule has 0 unspecified atom stereocenters. The van der Waals surface area contributed by atoms with Crippen molar-refractivity contribution in [2.45, 2.75) is 13.5 Å². The molecule has 0 radical (unpaired) electrons. The topological polar surface area (TPSA) is 109 Å². The summed E-state index contributed by atoms with van der Waals surface area (Å²) in [5.41, 5.74) is 1.85. The molecule has 0 atom stereocenters. The van der Waals surface area contributed by atoms with E-state index in [1.807, 2.05) is 0 Å². The Kier molecular flexibility index (Phi) is 6.67. The van der Waals surface area contributed by atoms with Crippen LogP contribution in [0, 0.1) is 11.3 Å². The molecule has 7 nitrogen and oxygen atoms in total. The zero-order chi connectivity index (χ0) is 21.7. The second-order valence-electron chi connectivity index (χ2n) is 6.02. The zero-order valence-electron chi connectivity index (χ0n) is 15.6. The molecule has 0 fully saturated rings. The van der Waals surface area contributed by atoms with Gasteiger partial charge in [-0.05, 0) is 43.3 Å². The maximum Gasteiger partial charge on any atom is 0.371 e. The normalized spacial score (nSPS) is 11.9. The smallest absolute Gasteiger partial charge is 0.371 e. The first-order valence-corrected chi connectivity index (χ1v) is 9.37. The van der Waals surface area contributed by atoms with Crippen LogP contribution in [0.25, 0.3) is 16.0 Å². The van der Waals surface area contributed by atoms with Gasteiger partial charge in [0.25, 0.3) is 0 Å². The first-order chi connectivity index (χ1) is 14.4. The van der Waals surface area contributed by atoms with Gasteiger partial charge in [0, 0.05) is 21.1 Å². The lowest BCUT2D eigenvalue weighted by atomic mass is 10.0. The fourth-order valence-electron chi connectivity index (χ4n) is 2.50. The van der Waals surface area contributed by atoms with E-state index in [-0.39, 0.29) is 29.6 Å². The van der Waals surface area contributed by atoms with Crippen LogP contribution in [-0.4, -0.2) is 16.1 Å². The molecule has 152 valence electrons. The number of hydrogen-bond donors (Lipinski definition) is 2. The highest BCUT2D eigenvalue weighted by Crippen LogP contribution is 2.33. The molecule has 0 saturated carbocycles. The van der Waals surface area contributed by atoms with E-state index in [4.69, 9.17) is 30.3 Å². The zero-order valence-corrected chi connectivity index (χ0v) is 17.3.